The molecule has 0 atom stereocenters. The third kappa shape index (κ3) is 4.82. The van der Waals surface area contributed by atoms with Crippen molar-refractivity contribution in [2.24, 2.45) is 0 Å². The van der Waals surface area contributed by atoms with E-state index in [4.69, 9.17) is 9.47 Å². The number of nitrogens with zero attached hydrogens (tertiary/aromatic N) is 1. The van der Waals surface area contributed by atoms with Crippen LogP contribution in [0, 0.1) is 0 Å². The number of para-hydroxylation sites is 1. The zero-order valence-electron chi connectivity index (χ0n) is 15.8. The van der Waals surface area contributed by atoms with Gasteiger partial charge in [0.1, 0.15) is 17.1 Å². The summed E-state index contributed by atoms with van der Waals surface area (Å²) in [7, 11) is 0. The van der Waals surface area contributed by atoms with Crippen LogP contribution in [0.4, 0.5) is 0 Å². The lowest BCUT2D eigenvalue weighted by atomic mass is 10.0. The van der Waals surface area contributed by atoms with E-state index in [1.54, 1.807) is 60.9 Å². The molecular formula is C23H21NO4. The summed E-state index contributed by atoms with van der Waals surface area (Å²) in [5.74, 6) is 0.359. The van der Waals surface area contributed by atoms with Gasteiger partial charge in [0.2, 0.25) is 0 Å². The van der Waals surface area contributed by atoms with Crippen LogP contribution in [0.25, 0.3) is 0 Å². The van der Waals surface area contributed by atoms with Crippen molar-refractivity contribution in [1.29, 1.82) is 0 Å². The Morgan fingerprint density at radius 2 is 1.71 bits per heavy atom. The van der Waals surface area contributed by atoms with Crippen LogP contribution in [-0.2, 0) is 4.74 Å². The van der Waals surface area contributed by atoms with Gasteiger partial charge in [0, 0.05) is 11.8 Å². The van der Waals surface area contributed by atoms with Crippen molar-refractivity contribution in [3.63, 3.8) is 0 Å². The van der Waals surface area contributed by atoms with Gasteiger partial charge < -0.3 is 9.47 Å². The van der Waals surface area contributed by atoms with Gasteiger partial charge in [-0.05, 0) is 35.7 Å². The zero-order valence-corrected chi connectivity index (χ0v) is 15.8. The number of carbonyl (C=O) groups excluding carboxylic acids is 2. The molecule has 5 heteroatoms. The van der Waals surface area contributed by atoms with E-state index in [0.29, 0.717) is 23.0 Å². The maximum absolute atomic E-state index is 12.5. The third-order valence-electron chi connectivity index (χ3n) is 4.20. The zero-order chi connectivity index (χ0) is 19.9. The topological polar surface area (TPSA) is 65.5 Å². The molecule has 28 heavy (non-hydrogen) atoms. The second-order valence-corrected chi connectivity index (χ2v) is 6.56. The first-order valence-electron chi connectivity index (χ1n) is 9.02. The lowest BCUT2D eigenvalue weighted by Crippen LogP contribution is -2.15. The first-order valence-corrected chi connectivity index (χ1v) is 9.02. The van der Waals surface area contributed by atoms with E-state index in [0.717, 1.165) is 5.56 Å². The van der Waals surface area contributed by atoms with Crippen molar-refractivity contribution in [2.45, 2.75) is 19.8 Å². The fourth-order valence-corrected chi connectivity index (χ4v) is 2.60. The number of benzene rings is 2. The van der Waals surface area contributed by atoms with Gasteiger partial charge >= 0.3 is 5.97 Å². The number of hydrogen-bond donors (Lipinski definition) is 0. The largest absolute Gasteiger partial charge is 0.455 e. The summed E-state index contributed by atoms with van der Waals surface area (Å²) in [4.78, 5) is 28.8. The molecule has 0 fully saturated rings. The van der Waals surface area contributed by atoms with Crippen molar-refractivity contribution < 1.29 is 19.1 Å². The summed E-state index contributed by atoms with van der Waals surface area (Å²) in [6.45, 7) is 3.84. The predicted octanol–water partition coefficient (Wildman–Crippen LogP) is 5.04. The van der Waals surface area contributed by atoms with Crippen LogP contribution < -0.4 is 4.74 Å². The van der Waals surface area contributed by atoms with Gasteiger partial charge in [-0.3, -0.25) is 9.78 Å². The maximum atomic E-state index is 12.5. The summed E-state index contributed by atoms with van der Waals surface area (Å²) < 4.78 is 10.9. The monoisotopic (exact) mass is 375 g/mol. The summed E-state index contributed by atoms with van der Waals surface area (Å²) in [5, 5.41) is 0. The quantitative estimate of drug-likeness (QED) is 0.428. The van der Waals surface area contributed by atoms with E-state index in [1.807, 2.05) is 12.1 Å². The van der Waals surface area contributed by atoms with Crippen molar-refractivity contribution >= 4 is 11.8 Å². The van der Waals surface area contributed by atoms with Gasteiger partial charge in [-0.25, -0.2) is 4.79 Å². The van der Waals surface area contributed by atoms with Crippen LogP contribution in [-0.4, -0.2) is 23.3 Å². The van der Waals surface area contributed by atoms with E-state index >= 15 is 0 Å². The van der Waals surface area contributed by atoms with Gasteiger partial charge in [0.25, 0.3) is 0 Å². The minimum Gasteiger partial charge on any atom is -0.455 e. The average molecular weight is 375 g/mol. The van der Waals surface area contributed by atoms with Crippen LogP contribution >= 0.6 is 0 Å². The summed E-state index contributed by atoms with van der Waals surface area (Å²) >= 11 is 0. The molecule has 5 nitrogen and oxygen atoms in total. The van der Waals surface area contributed by atoms with Gasteiger partial charge in [-0.2, -0.15) is 0 Å². The Labute approximate surface area is 164 Å². The summed E-state index contributed by atoms with van der Waals surface area (Å²) in [6, 6.07) is 17.5. The highest BCUT2D eigenvalue weighted by Crippen LogP contribution is 2.25. The third-order valence-corrected chi connectivity index (χ3v) is 4.20. The van der Waals surface area contributed by atoms with Gasteiger partial charge in [0.05, 0.1) is 6.20 Å². The number of carbonyl (C=O) groups is 2. The van der Waals surface area contributed by atoms with E-state index in [-0.39, 0.29) is 18.0 Å². The molecule has 0 unspecified atom stereocenters. The molecule has 0 saturated heterocycles. The molecule has 2 aromatic carbocycles. The molecule has 0 bridgehead atoms. The van der Waals surface area contributed by atoms with Crippen molar-refractivity contribution in [2.75, 3.05) is 6.61 Å². The van der Waals surface area contributed by atoms with E-state index in [2.05, 4.69) is 18.8 Å². The highest BCUT2D eigenvalue weighted by atomic mass is 16.5. The molecule has 142 valence electrons. The number of hydrogen-bond acceptors (Lipinski definition) is 5. The molecule has 1 heterocycles. The molecular weight excluding hydrogens is 354 g/mol. The highest BCUT2D eigenvalue weighted by molar-refractivity contribution is 6.00. The number of aromatic nitrogens is 1. The SMILES string of the molecule is CC(C)c1ccc(C(=O)COC(=O)c2ccccc2Oc2cccnc2)cc1. The van der Waals surface area contributed by atoms with E-state index in [1.165, 1.54) is 0 Å². The first-order chi connectivity index (χ1) is 13.5. The molecule has 0 radical (unpaired) electrons. The molecule has 1 aromatic heterocycles. The Hall–Kier alpha value is -3.47. The Morgan fingerprint density at radius 3 is 2.39 bits per heavy atom. The van der Waals surface area contributed by atoms with Gasteiger partial charge in [-0.1, -0.05) is 50.2 Å². The van der Waals surface area contributed by atoms with Crippen LogP contribution in [0.1, 0.15) is 46.0 Å². The van der Waals surface area contributed by atoms with Crippen LogP contribution in [0.5, 0.6) is 11.5 Å². The average Bonchev–Trinajstić information content (AvgIpc) is 2.73. The van der Waals surface area contributed by atoms with Gasteiger partial charge in [0.15, 0.2) is 12.4 Å². The second kappa shape index (κ2) is 8.95. The molecule has 0 aliphatic heterocycles. The number of pyridine rings is 1. The standard InChI is InChI=1S/C23H21NO4/c1-16(2)17-9-11-18(12-10-17)21(25)15-27-23(26)20-7-3-4-8-22(20)28-19-6-5-13-24-14-19/h3-14,16H,15H2,1-2H3. The minimum atomic E-state index is -0.619. The Balaban J connectivity index is 1.65. The van der Waals surface area contributed by atoms with Crippen molar-refractivity contribution in [3.8, 4) is 11.5 Å². The summed E-state index contributed by atoms with van der Waals surface area (Å²) in [5.41, 5.74) is 1.90. The van der Waals surface area contributed by atoms with Crippen LogP contribution in [0.15, 0.2) is 73.1 Å². The number of esters is 1. The fourth-order valence-electron chi connectivity index (χ4n) is 2.60. The molecule has 0 aliphatic rings. The molecule has 0 N–H and O–H groups in total. The molecule has 0 amide bonds. The maximum Gasteiger partial charge on any atom is 0.342 e. The van der Waals surface area contributed by atoms with E-state index < -0.39 is 5.97 Å². The number of ether oxygens (including phenoxy) is 2. The Bertz CT molecular complexity index is 950. The normalized spacial score (nSPS) is 10.5. The van der Waals surface area contributed by atoms with Crippen LogP contribution in [0.2, 0.25) is 0 Å². The van der Waals surface area contributed by atoms with Gasteiger partial charge in [-0.15, -0.1) is 0 Å². The van der Waals surface area contributed by atoms with Crippen molar-refractivity contribution in [3.05, 3.63) is 89.7 Å². The lowest BCUT2D eigenvalue weighted by molar-refractivity contribution is 0.0472. The molecule has 0 saturated carbocycles. The predicted molar refractivity (Wildman–Crippen MR) is 106 cm³/mol. The fraction of sp³-hybridized carbons (Fsp3) is 0.174. The molecule has 3 aromatic rings. The molecule has 0 spiro atoms. The van der Waals surface area contributed by atoms with Crippen LogP contribution in [0.3, 0.4) is 0 Å². The Morgan fingerprint density at radius 1 is 0.964 bits per heavy atom. The Kier molecular flexibility index (Phi) is 6.17. The number of rotatable bonds is 7. The number of ketones is 1. The molecule has 0 aliphatic carbocycles. The number of Topliss-reactive ketones (excluding diaryl/α,β-unsaturated/α-hetero) is 1. The summed E-state index contributed by atoms with van der Waals surface area (Å²) in [6.07, 6.45) is 3.18. The molecule has 3 rings (SSSR count). The lowest BCUT2D eigenvalue weighted by Gasteiger charge is -2.11. The minimum absolute atomic E-state index is 0.245. The smallest absolute Gasteiger partial charge is 0.342 e. The second-order valence-electron chi connectivity index (χ2n) is 6.56. The highest BCUT2D eigenvalue weighted by Gasteiger charge is 2.16. The van der Waals surface area contributed by atoms with Crippen molar-refractivity contribution in [1.82, 2.24) is 4.98 Å². The van der Waals surface area contributed by atoms with E-state index in [9.17, 15) is 9.59 Å². The first kappa shape index (κ1) is 19.3.